The summed E-state index contributed by atoms with van der Waals surface area (Å²) in [5, 5.41) is 13.3. The van der Waals surface area contributed by atoms with E-state index in [1.54, 1.807) is 24.3 Å². The van der Waals surface area contributed by atoms with Crippen LogP contribution >= 0.6 is 11.6 Å². The number of rotatable bonds is 5. The van der Waals surface area contributed by atoms with Gasteiger partial charge in [0.1, 0.15) is 0 Å². The monoisotopic (exact) mass is 294 g/mol. The number of aliphatic hydroxyl groups is 1. The molecule has 5 nitrogen and oxygen atoms in total. The fourth-order valence-electron chi connectivity index (χ4n) is 1.84. The number of nitrogens with zero attached hydrogens (tertiary/aromatic N) is 2. The standard InChI is InChI=1S/C14H15ClN2O3/c1-2-17(6-7-18)14(19)12-9-13(20-16-12)10-4-3-5-11(15)8-10/h3-5,8-9,18H,2,6-7H2,1H3. The van der Waals surface area contributed by atoms with E-state index in [0.717, 1.165) is 5.56 Å². The molecule has 1 N–H and O–H groups in total. The number of aromatic nitrogens is 1. The van der Waals surface area contributed by atoms with Crippen LogP contribution in [0.5, 0.6) is 0 Å². The molecule has 1 aromatic heterocycles. The molecule has 0 aliphatic carbocycles. The van der Waals surface area contributed by atoms with Gasteiger partial charge in [-0.3, -0.25) is 4.79 Å². The molecule has 0 bridgehead atoms. The summed E-state index contributed by atoms with van der Waals surface area (Å²) in [5.74, 6) is 0.217. The normalized spacial score (nSPS) is 10.6. The van der Waals surface area contributed by atoms with Crippen LogP contribution in [0, 0.1) is 0 Å². The number of likely N-dealkylation sites (N-methyl/N-ethyl adjacent to an activating group) is 1. The number of halogens is 1. The van der Waals surface area contributed by atoms with E-state index in [1.807, 2.05) is 13.0 Å². The highest BCUT2D eigenvalue weighted by molar-refractivity contribution is 6.30. The maximum atomic E-state index is 12.1. The van der Waals surface area contributed by atoms with Gasteiger partial charge >= 0.3 is 0 Å². The predicted octanol–water partition coefficient (Wildman–Crippen LogP) is 2.45. The van der Waals surface area contributed by atoms with Crippen LogP contribution < -0.4 is 0 Å². The molecule has 1 aromatic carbocycles. The van der Waals surface area contributed by atoms with Crippen molar-refractivity contribution in [3.05, 3.63) is 41.0 Å². The van der Waals surface area contributed by atoms with Crippen molar-refractivity contribution in [2.75, 3.05) is 19.7 Å². The van der Waals surface area contributed by atoms with E-state index < -0.39 is 0 Å². The van der Waals surface area contributed by atoms with Gasteiger partial charge in [0.2, 0.25) is 0 Å². The highest BCUT2D eigenvalue weighted by atomic mass is 35.5. The molecule has 2 aromatic rings. The van der Waals surface area contributed by atoms with Gasteiger partial charge in [-0.2, -0.15) is 0 Å². The number of amides is 1. The summed E-state index contributed by atoms with van der Waals surface area (Å²) < 4.78 is 5.18. The first-order chi connectivity index (χ1) is 9.65. The van der Waals surface area contributed by atoms with E-state index in [4.69, 9.17) is 21.2 Å². The topological polar surface area (TPSA) is 66.6 Å². The van der Waals surface area contributed by atoms with Gasteiger partial charge in [0.15, 0.2) is 11.5 Å². The Morgan fingerprint density at radius 2 is 2.25 bits per heavy atom. The SMILES string of the molecule is CCN(CCO)C(=O)c1cc(-c2cccc(Cl)c2)on1. The molecule has 0 fully saturated rings. The van der Waals surface area contributed by atoms with E-state index in [0.29, 0.717) is 17.3 Å². The molecule has 106 valence electrons. The molecule has 0 saturated carbocycles. The second-order valence-corrected chi connectivity index (χ2v) is 4.63. The number of hydrogen-bond donors (Lipinski definition) is 1. The molecule has 0 aliphatic heterocycles. The molecule has 0 atom stereocenters. The minimum atomic E-state index is -0.265. The first-order valence-corrected chi connectivity index (χ1v) is 6.66. The molecule has 0 spiro atoms. The molecule has 0 radical (unpaired) electrons. The molecular formula is C14H15ClN2O3. The summed E-state index contributed by atoms with van der Waals surface area (Å²) >= 11 is 5.91. The van der Waals surface area contributed by atoms with Gasteiger partial charge in [0.25, 0.3) is 5.91 Å². The smallest absolute Gasteiger partial charge is 0.276 e. The molecule has 1 heterocycles. The van der Waals surface area contributed by atoms with Gasteiger partial charge in [-0.1, -0.05) is 28.9 Å². The van der Waals surface area contributed by atoms with E-state index in [9.17, 15) is 4.79 Å². The van der Waals surface area contributed by atoms with Gasteiger partial charge in [-0.25, -0.2) is 0 Å². The second-order valence-electron chi connectivity index (χ2n) is 4.20. The maximum absolute atomic E-state index is 12.1. The Labute approximate surface area is 121 Å². The van der Waals surface area contributed by atoms with Gasteiger partial charge in [0, 0.05) is 29.7 Å². The molecule has 20 heavy (non-hydrogen) atoms. The largest absolute Gasteiger partial charge is 0.395 e. The van der Waals surface area contributed by atoms with Crippen LogP contribution in [0.15, 0.2) is 34.9 Å². The number of aliphatic hydroxyl groups excluding tert-OH is 1. The summed E-state index contributed by atoms with van der Waals surface area (Å²) in [7, 11) is 0. The fourth-order valence-corrected chi connectivity index (χ4v) is 2.03. The zero-order chi connectivity index (χ0) is 14.5. The molecule has 6 heteroatoms. The third-order valence-corrected chi connectivity index (χ3v) is 3.11. The van der Waals surface area contributed by atoms with Crippen molar-refractivity contribution in [1.29, 1.82) is 0 Å². The van der Waals surface area contributed by atoms with Crippen molar-refractivity contribution in [1.82, 2.24) is 10.1 Å². The Morgan fingerprint density at radius 1 is 1.45 bits per heavy atom. The average molecular weight is 295 g/mol. The molecule has 1 amide bonds. The molecule has 0 aliphatic rings. The Morgan fingerprint density at radius 3 is 2.90 bits per heavy atom. The highest BCUT2D eigenvalue weighted by Gasteiger charge is 2.18. The number of carbonyl (C=O) groups excluding carboxylic acids is 1. The second kappa shape index (κ2) is 6.54. The lowest BCUT2D eigenvalue weighted by molar-refractivity contribution is 0.0721. The van der Waals surface area contributed by atoms with Crippen LogP contribution in [0.3, 0.4) is 0 Å². The van der Waals surface area contributed by atoms with Crippen molar-refractivity contribution in [2.45, 2.75) is 6.92 Å². The van der Waals surface area contributed by atoms with Gasteiger partial charge in [-0.05, 0) is 19.1 Å². The van der Waals surface area contributed by atoms with Crippen molar-refractivity contribution < 1.29 is 14.4 Å². The van der Waals surface area contributed by atoms with Crippen LogP contribution in [-0.2, 0) is 0 Å². The fraction of sp³-hybridized carbons (Fsp3) is 0.286. The lowest BCUT2D eigenvalue weighted by Crippen LogP contribution is -2.33. The van der Waals surface area contributed by atoms with Crippen LogP contribution in [0.4, 0.5) is 0 Å². The lowest BCUT2D eigenvalue weighted by Gasteiger charge is -2.17. The Hall–Kier alpha value is -1.85. The van der Waals surface area contributed by atoms with Crippen LogP contribution in [0.2, 0.25) is 5.02 Å². The zero-order valence-corrected chi connectivity index (χ0v) is 11.8. The quantitative estimate of drug-likeness (QED) is 0.920. The summed E-state index contributed by atoms with van der Waals surface area (Å²) in [6.07, 6.45) is 0. The number of hydrogen-bond acceptors (Lipinski definition) is 4. The lowest BCUT2D eigenvalue weighted by atomic mass is 10.1. The molecule has 0 unspecified atom stereocenters. The minimum Gasteiger partial charge on any atom is -0.395 e. The van der Waals surface area contributed by atoms with E-state index in [2.05, 4.69) is 5.16 Å². The third-order valence-electron chi connectivity index (χ3n) is 2.88. The average Bonchev–Trinajstić information content (AvgIpc) is 2.94. The van der Waals surface area contributed by atoms with Crippen LogP contribution in [-0.4, -0.2) is 40.8 Å². The minimum absolute atomic E-state index is 0.0847. The van der Waals surface area contributed by atoms with Crippen LogP contribution in [0.25, 0.3) is 11.3 Å². The third kappa shape index (κ3) is 3.18. The number of carbonyl (C=O) groups is 1. The predicted molar refractivity (Wildman–Crippen MR) is 75.6 cm³/mol. The van der Waals surface area contributed by atoms with E-state index >= 15 is 0 Å². The summed E-state index contributed by atoms with van der Waals surface area (Å²) in [6.45, 7) is 2.53. The van der Waals surface area contributed by atoms with Crippen molar-refractivity contribution >= 4 is 17.5 Å². The molecule has 2 rings (SSSR count). The molecule has 0 saturated heterocycles. The Balaban J connectivity index is 2.22. The Kier molecular flexibility index (Phi) is 4.76. The van der Waals surface area contributed by atoms with Crippen molar-refractivity contribution in [3.63, 3.8) is 0 Å². The van der Waals surface area contributed by atoms with Gasteiger partial charge < -0.3 is 14.5 Å². The Bertz CT molecular complexity index is 598. The number of benzene rings is 1. The van der Waals surface area contributed by atoms with Gasteiger partial charge in [0.05, 0.1) is 6.61 Å². The van der Waals surface area contributed by atoms with E-state index in [-0.39, 0.29) is 24.8 Å². The summed E-state index contributed by atoms with van der Waals surface area (Å²) in [5.41, 5.74) is 0.976. The molecular weight excluding hydrogens is 280 g/mol. The van der Waals surface area contributed by atoms with Crippen molar-refractivity contribution in [2.24, 2.45) is 0 Å². The van der Waals surface area contributed by atoms with Crippen molar-refractivity contribution in [3.8, 4) is 11.3 Å². The highest BCUT2D eigenvalue weighted by Crippen LogP contribution is 2.23. The first kappa shape index (κ1) is 14.6. The van der Waals surface area contributed by atoms with Crippen LogP contribution in [0.1, 0.15) is 17.4 Å². The van der Waals surface area contributed by atoms with E-state index in [1.165, 1.54) is 4.90 Å². The maximum Gasteiger partial charge on any atom is 0.276 e. The summed E-state index contributed by atoms with van der Waals surface area (Å²) in [4.78, 5) is 13.6. The summed E-state index contributed by atoms with van der Waals surface area (Å²) in [6, 6.07) is 8.70. The zero-order valence-electron chi connectivity index (χ0n) is 11.0. The first-order valence-electron chi connectivity index (χ1n) is 6.28. The van der Waals surface area contributed by atoms with Gasteiger partial charge in [-0.15, -0.1) is 0 Å².